The number of rotatable bonds is 36. The van der Waals surface area contributed by atoms with Crippen LogP contribution in [0.4, 0.5) is 15.8 Å². The first-order valence-electron chi connectivity index (χ1n) is 29.1. The Labute approximate surface area is 497 Å². The highest BCUT2D eigenvalue weighted by molar-refractivity contribution is 6.23. The number of aliphatic hydroxyl groups excluding tert-OH is 2. The van der Waals surface area contributed by atoms with E-state index in [-0.39, 0.29) is 55.2 Å². The Morgan fingerprint density at radius 1 is 0.744 bits per heavy atom. The van der Waals surface area contributed by atoms with Crippen molar-refractivity contribution in [1.82, 2.24) is 29.8 Å². The molecule has 3 atom stereocenters. The summed E-state index contributed by atoms with van der Waals surface area (Å²) in [6.45, 7) is 8.73. The maximum Gasteiger partial charge on any atom is 0.305 e. The van der Waals surface area contributed by atoms with Gasteiger partial charge in [0.05, 0.1) is 113 Å². The number of carboxylic acid groups (broad SMARTS) is 1. The van der Waals surface area contributed by atoms with Crippen LogP contribution in [-0.4, -0.2) is 160 Å². The molecule has 5 amide bonds. The second-order valence-electron chi connectivity index (χ2n) is 21.3. The van der Waals surface area contributed by atoms with Crippen LogP contribution in [0, 0.1) is 5.82 Å². The zero-order chi connectivity index (χ0) is 61.0. The summed E-state index contributed by atoms with van der Waals surface area (Å²) in [5.41, 5.74) is 6.14. The number of aromatic nitrogens is 4. The number of nitrogens with zero attached hydrogens (tertiary/aromatic N) is 5. The van der Waals surface area contributed by atoms with Crippen LogP contribution in [0.15, 0.2) is 103 Å². The van der Waals surface area contributed by atoms with E-state index in [1.54, 1.807) is 47.1 Å². The molecule has 4 heterocycles. The van der Waals surface area contributed by atoms with E-state index in [4.69, 9.17) is 23.7 Å². The number of benzene rings is 4. The number of nitrogens with one attached hydrogen (secondary N) is 3. The number of carboxylic acids is 1. The molecule has 2 aromatic heterocycles. The molecular formula is C63H75FN8O14. The lowest BCUT2D eigenvalue weighted by Gasteiger charge is -2.27. The normalized spacial score (nSPS) is 14.8. The van der Waals surface area contributed by atoms with Crippen molar-refractivity contribution in [3.63, 3.8) is 0 Å². The standard InChI is InChI=1S/C63H75FN8O14/c1-41(2)58-57(61(79)66-45-11-5-3-6-12-45)56(59(42-15-17-44(64)18-16-42)71(58)25-23-48(73)38-49(74)39-55(76)77)43-10-9-14-50(36-43)86-27-8-4-7-13-47-40-70(69-68-47)26-29-83-31-33-85-35-34-84-32-30-82-28-24-65-46-19-20-51-52(37-46)63(81)72(62(51)80)53-21-22-54(75)67-60(53)78/h3,5-6,9-12,14-20,36-37,40-41,48-49,53,65,73-74H,4,7-8,13,21-35,38-39H2,1-2H3,(H,66,79)(H,76,77)(H,67,75,78)/t48-,49-,53?/m1/s1. The number of ether oxygens (including phenoxy) is 5. The number of hydrogen-bond donors (Lipinski definition) is 6. The van der Waals surface area contributed by atoms with Crippen LogP contribution in [0.3, 0.4) is 0 Å². The number of imide groups is 2. The van der Waals surface area contributed by atoms with Crippen LogP contribution >= 0.6 is 0 Å². The van der Waals surface area contributed by atoms with Crippen molar-refractivity contribution >= 4 is 46.9 Å². The van der Waals surface area contributed by atoms with Crippen molar-refractivity contribution in [3.05, 3.63) is 137 Å². The lowest BCUT2D eigenvalue weighted by atomic mass is 9.94. The molecule has 1 fully saturated rings. The molecule has 458 valence electrons. The minimum absolute atomic E-state index is 0.0558. The smallest absolute Gasteiger partial charge is 0.305 e. The number of carbonyl (C=O) groups excluding carboxylic acids is 5. The summed E-state index contributed by atoms with van der Waals surface area (Å²) in [6.07, 6.45) is 2.51. The minimum Gasteiger partial charge on any atom is -0.494 e. The zero-order valence-electron chi connectivity index (χ0n) is 48.4. The number of halogens is 1. The quantitative estimate of drug-likeness (QED) is 0.0166. The van der Waals surface area contributed by atoms with Crippen LogP contribution in [0.2, 0.25) is 0 Å². The molecule has 0 saturated carbocycles. The summed E-state index contributed by atoms with van der Waals surface area (Å²) in [5.74, 6) is -3.77. The summed E-state index contributed by atoms with van der Waals surface area (Å²) >= 11 is 0. The monoisotopic (exact) mass is 1190 g/mol. The summed E-state index contributed by atoms with van der Waals surface area (Å²) in [6, 6.07) is 26.5. The number of aliphatic hydroxyl groups is 2. The lowest BCUT2D eigenvalue weighted by Crippen LogP contribution is -2.54. The van der Waals surface area contributed by atoms with Crippen molar-refractivity contribution < 1.29 is 72.2 Å². The third-order valence-corrected chi connectivity index (χ3v) is 14.5. The zero-order valence-corrected chi connectivity index (χ0v) is 48.4. The second-order valence-corrected chi connectivity index (χ2v) is 21.3. The van der Waals surface area contributed by atoms with Gasteiger partial charge in [0, 0.05) is 48.3 Å². The number of amides is 5. The Morgan fingerprint density at radius 3 is 2.16 bits per heavy atom. The number of unbranched alkanes of at least 4 members (excludes halogenated alkanes) is 2. The van der Waals surface area contributed by atoms with Gasteiger partial charge in [-0.2, -0.15) is 0 Å². The molecule has 0 radical (unpaired) electrons. The minimum atomic E-state index is -1.24. The van der Waals surface area contributed by atoms with Crippen LogP contribution < -0.4 is 20.7 Å². The van der Waals surface area contributed by atoms with E-state index in [9.17, 15) is 48.5 Å². The molecule has 0 bridgehead atoms. The molecule has 2 aliphatic rings. The third-order valence-electron chi connectivity index (χ3n) is 14.5. The van der Waals surface area contributed by atoms with Gasteiger partial charge >= 0.3 is 5.97 Å². The van der Waals surface area contributed by atoms with E-state index in [0.717, 1.165) is 36.3 Å². The number of para-hydroxylation sites is 1. The molecule has 1 unspecified atom stereocenters. The highest BCUT2D eigenvalue weighted by Gasteiger charge is 2.44. The molecule has 0 spiro atoms. The molecule has 1 saturated heterocycles. The molecule has 22 nitrogen and oxygen atoms in total. The van der Waals surface area contributed by atoms with E-state index in [1.807, 2.05) is 67.1 Å². The van der Waals surface area contributed by atoms with Gasteiger partial charge in [-0.1, -0.05) is 49.4 Å². The van der Waals surface area contributed by atoms with Crippen molar-refractivity contribution in [1.29, 1.82) is 0 Å². The van der Waals surface area contributed by atoms with Crippen LogP contribution in [0.1, 0.15) is 114 Å². The first-order chi connectivity index (χ1) is 41.6. The Balaban J connectivity index is 0.721. The maximum absolute atomic E-state index is 14.7. The molecule has 6 aromatic rings. The van der Waals surface area contributed by atoms with Gasteiger partial charge in [0.2, 0.25) is 11.8 Å². The number of anilines is 2. The number of piperidine rings is 1. The van der Waals surface area contributed by atoms with Crippen molar-refractivity contribution in [2.24, 2.45) is 0 Å². The van der Waals surface area contributed by atoms with E-state index in [1.165, 1.54) is 12.1 Å². The number of fused-ring (bicyclic) bond motifs is 1. The van der Waals surface area contributed by atoms with Gasteiger partial charge in [-0.15, -0.1) is 5.10 Å². The Kier molecular flexibility index (Phi) is 23.6. The van der Waals surface area contributed by atoms with Crippen LogP contribution in [0.5, 0.6) is 5.75 Å². The molecule has 4 aromatic carbocycles. The van der Waals surface area contributed by atoms with E-state index >= 15 is 0 Å². The first-order valence-corrected chi connectivity index (χ1v) is 29.1. The number of carbonyl (C=O) groups is 6. The van der Waals surface area contributed by atoms with E-state index in [0.29, 0.717) is 123 Å². The van der Waals surface area contributed by atoms with Crippen LogP contribution in [0.25, 0.3) is 22.4 Å². The third kappa shape index (κ3) is 17.7. The number of hydrogen-bond acceptors (Lipinski definition) is 16. The fraction of sp³-hybridized carbons (Fsp3) is 0.429. The molecule has 23 heteroatoms. The molecule has 86 heavy (non-hydrogen) atoms. The highest BCUT2D eigenvalue weighted by atomic mass is 19.1. The molecule has 2 aliphatic heterocycles. The summed E-state index contributed by atoms with van der Waals surface area (Å²) in [5, 5.41) is 47.6. The van der Waals surface area contributed by atoms with Gasteiger partial charge in [-0.05, 0) is 129 Å². The Hall–Kier alpha value is -8.19. The highest BCUT2D eigenvalue weighted by Crippen LogP contribution is 2.44. The van der Waals surface area contributed by atoms with Crippen molar-refractivity contribution in [3.8, 4) is 28.1 Å². The average molecular weight is 1190 g/mol. The van der Waals surface area contributed by atoms with Gasteiger partial charge in [-0.3, -0.25) is 39.0 Å². The second kappa shape index (κ2) is 31.8. The fourth-order valence-electron chi connectivity index (χ4n) is 10.4. The van der Waals surface area contributed by atoms with Crippen molar-refractivity contribution in [2.75, 3.05) is 76.6 Å². The van der Waals surface area contributed by atoms with Gasteiger partial charge in [0.25, 0.3) is 17.7 Å². The van der Waals surface area contributed by atoms with Crippen molar-refractivity contribution in [2.45, 2.75) is 109 Å². The molecule has 0 aliphatic carbocycles. The maximum atomic E-state index is 14.7. The number of aliphatic carboxylic acids is 1. The van der Waals surface area contributed by atoms with Gasteiger partial charge < -0.3 is 54.2 Å². The fourth-order valence-corrected chi connectivity index (χ4v) is 10.4. The van der Waals surface area contributed by atoms with Gasteiger partial charge in [0.1, 0.15) is 17.6 Å². The molecular weight excluding hydrogens is 1110 g/mol. The van der Waals surface area contributed by atoms with E-state index < -0.39 is 60.1 Å². The topological polar surface area (TPSA) is 284 Å². The molecule has 6 N–H and O–H groups in total. The average Bonchev–Trinajstić information content (AvgIpc) is 1.65. The SMILES string of the molecule is CC(C)c1c(C(=O)Nc2ccccc2)c(-c2cccc(OCCCCCc3cn(CCOCCOCCOCCOCCNc4ccc5c(c4)C(=O)N(C4CCC(=O)NC4=O)C5=O)nn3)c2)c(-c2ccc(F)cc2)n1CC[C@@H](O)C[C@@H](O)CC(=O)O. The molecule has 8 rings (SSSR count). The number of aryl methyl sites for hydroxylation is 1. The summed E-state index contributed by atoms with van der Waals surface area (Å²) < 4.78 is 47.1. The Bertz CT molecular complexity index is 3260. The summed E-state index contributed by atoms with van der Waals surface area (Å²) in [7, 11) is 0. The summed E-state index contributed by atoms with van der Waals surface area (Å²) in [4.78, 5) is 76.7. The predicted molar refractivity (Wildman–Crippen MR) is 315 cm³/mol. The first kappa shape index (κ1) is 63.8. The van der Waals surface area contributed by atoms with E-state index in [2.05, 4.69) is 26.3 Å². The lowest BCUT2D eigenvalue weighted by molar-refractivity contribution is -0.140. The largest absolute Gasteiger partial charge is 0.494 e. The van der Waals surface area contributed by atoms with Gasteiger partial charge in [-0.25, -0.2) is 9.07 Å². The van der Waals surface area contributed by atoms with Gasteiger partial charge in [0.15, 0.2) is 0 Å². The predicted octanol–water partition coefficient (Wildman–Crippen LogP) is 7.28. The van der Waals surface area contributed by atoms with Crippen LogP contribution in [-0.2, 0) is 52.8 Å². The Morgan fingerprint density at radius 2 is 1.45 bits per heavy atom.